The molecular weight excluding hydrogens is 109 g/mol. The van der Waals surface area contributed by atoms with E-state index >= 15 is 0 Å². The van der Waals surface area contributed by atoms with Gasteiger partial charge in [0.05, 0.1) is 0 Å². The fraction of sp³-hybridized carbons (Fsp3) is 1.00. The van der Waals surface area contributed by atoms with Gasteiger partial charge in [0.15, 0.2) is 0 Å². The molecule has 1 aliphatic rings. The monoisotopic (exact) mass is 124 g/mol. The van der Waals surface area contributed by atoms with Crippen LogP contribution in [0.25, 0.3) is 0 Å². The van der Waals surface area contributed by atoms with E-state index in [0.717, 1.165) is 0 Å². The number of hydrogen-bond acceptors (Lipinski definition) is 1. The molecule has 1 heterocycles. The molecule has 0 aromatic rings. The van der Waals surface area contributed by atoms with Crippen molar-refractivity contribution in [2.75, 3.05) is 20.1 Å². The zero-order chi connectivity index (χ0) is 6.53. The molecule has 0 bridgehead atoms. The molecule has 1 rings (SSSR count). The van der Waals surface area contributed by atoms with E-state index in [0.29, 0.717) is 0 Å². The fourth-order valence-corrected chi connectivity index (χ4v) is 1.27. The normalized spacial score (nSPS) is 24.1. The Morgan fingerprint density at radius 1 is 1.11 bits per heavy atom. The van der Waals surface area contributed by atoms with Gasteiger partial charge >= 0.3 is 0 Å². The van der Waals surface area contributed by atoms with Gasteiger partial charge in [0.1, 0.15) is 7.28 Å². The maximum absolute atomic E-state index is 2.42. The average molecular weight is 124 g/mol. The first kappa shape index (κ1) is 7.14. The van der Waals surface area contributed by atoms with Crippen molar-refractivity contribution >= 4 is 7.28 Å². The topological polar surface area (TPSA) is 3.24 Å². The molecule has 1 radical (unpaired) electrons. The highest BCUT2D eigenvalue weighted by Gasteiger charge is 2.02. The van der Waals surface area contributed by atoms with Gasteiger partial charge in [0.2, 0.25) is 0 Å². The summed E-state index contributed by atoms with van der Waals surface area (Å²) in [6, 6.07) is 0. The van der Waals surface area contributed by atoms with Gasteiger partial charge in [-0.1, -0.05) is 12.6 Å². The summed E-state index contributed by atoms with van der Waals surface area (Å²) in [4.78, 5) is 2.42. The van der Waals surface area contributed by atoms with Gasteiger partial charge < -0.3 is 4.90 Å². The van der Waals surface area contributed by atoms with E-state index in [1.807, 2.05) is 0 Å². The second kappa shape index (κ2) is 3.94. The summed E-state index contributed by atoms with van der Waals surface area (Å²) in [6.07, 6.45) is 5.36. The molecule has 0 spiro atoms. The van der Waals surface area contributed by atoms with E-state index in [2.05, 4.69) is 19.2 Å². The third kappa shape index (κ3) is 2.90. The minimum atomic E-state index is 1.29. The zero-order valence-electron chi connectivity index (χ0n) is 6.27. The van der Waals surface area contributed by atoms with E-state index in [-0.39, 0.29) is 0 Å². The molecule has 1 nitrogen and oxygen atoms in total. The lowest BCUT2D eigenvalue weighted by Gasteiger charge is -2.18. The molecule has 1 aliphatic heterocycles. The maximum atomic E-state index is 2.42. The second-order valence-corrected chi connectivity index (χ2v) is 2.88. The summed E-state index contributed by atoms with van der Waals surface area (Å²) in [7, 11) is 4.64. The molecule has 0 amide bonds. The first-order valence-electron chi connectivity index (χ1n) is 3.90. The minimum absolute atomic E-state index is 1.29. The van der Waals surface area contributed by atoms with Gasteiger partial charge in [-0.15, -0.1) is 0 Å². The lowest BCUT2D eigenvalue weighted by Crippen LogP contribution is -2.23. The Labute approximate surface area is 58.7 Å². The van der Waals surface area contributed by atoms with E-state index in [4.69, 9.17) is 0 Å². The molecule has 1 saturated heterocycles. The van der Waals surface area contributed by atoms with Crippen molar-refractivity contribution in [3.8, 4) is 0 Å². The van der Waals surface area contributed by atoms with Crippen LogP contribution in [0.1, 0.15) is 12.8 Å². The molecule has 0 unspecified atom stereocenters. The van der Waals surface area contributed by atoms with Crippen molar-refractivity contribution in [1.29, 1.82) is 0 Å². The summed E-state index contributed by atoms with van der Waals surface area (Å²) >= 11 is 0. The lowest BCUT2D eigenvalue weighted by molar-refractivity contribution is 0.331. The van der Waals surface area contributed by atoms with Gasteiger partial charge in [-0.2, -0.15) is 0 Å². The smallest absolute Gasteiger partial charge is 0.109 e. The Morgan fingerprint density at radius 3 is 2.22 bits per heavy atom. The van der Waals surface area contributed by atoms with Crippen molar-refractivity contribution in [2.24, 2.45) is 0 Å². The Hall–Kier alpha value is 0.0249. The summed E-state index contributed by atoms with van der Waals surface area (Å²) in [5, 5.41) is 0. The summed E-state index contributed by atoms with van der Waals surface area (Å²) in [5.41, 5.74) is 0. The molecule has 0 saturated carbocycles. The van der Waals surface area contributed by atoms with Crippen LogP contribution in [-0.4, -0.2) is 32.3 Å². The van der Waals surface area contributed by atoms with Crippen molar-refractivity contribution in [3.05, 3.63) is 0 Å². The summed E-state index contributed by atoms with van der Waals surface area (Å²) in [6.45, 7) is 2.58. The molecular formula is C7H15BN. The van der Waals surface area contributed by atoms with Crippen LogP contribution in [0.15, 0.2) is 0 Å². The van der Waals surface area contributed by atoms with Crippen molar-refractivity contribution < 1.29 is 0 Å². The number of hydrogen-bond donors (Lipinski definition) is 0. The van der Waals surface area contributed by atoms with Crippen LogP contribution in [0.5, 0.6) is 0 Å². The Bertz CT molecular complexity index is 67.3. The first-order chi connectivity index (χ1) is 4.39. The standard InChI is InChI=1S/C7H15BN/c1-9-6-2-4-8-5-3-7-9/h2-7H2,1H3. The van der Waals surface area contributed by atoms with E-state index in [1.54, 1.807) is 0 Å². The Morgan fingerprint density at radius 2 is 1.67 bits per heavy atom. The SMILES string of the molecule is CN1CCC[B]CCC1. The Kier molecular flexibility index (Phi) is 3.12. The molecule has 1 fully saturated rings. The van der Waals surface area contributed by atoms with Crippen LogP contribution in [0.2, 0.25) is 12.6 Å². The number of nitrogens with zero attached hydrogens (tertiary/aromatic N) is 1. The van der Waals surface area contributed by atoms with Gasteiger partial charge in [-0.05, 0) is 33.0 Å². The van der Waals surface area contributed by atoms with Crippen molar-refractivity contribution in [1.82, 2.24) is 4.90 Å². The third-order valence-corrected chi connectivity index (χ3v) is 1.90. The van der Waals surface area contributed by atoms with Gasteiger partial charge in [0, 0.05) is 0 Å². The van der Waals surface area contributed by atoms with E-state index in [9.17, 15) is 0 Å². The zero-order valence-corrected chi connectivity index (χ0v) is 6.27. The highest BCUT2D eigenvalue weighted by Crippen LogP contribution is 2.03. The van der Waals surface area contributed by atoms with Crippen molar-refractivity contribution in [3.63, 3.8) is 0 Å². The maximum Gasteiger partial charge on any atom is 0.109 e. The molecule has 0 aromatic heterocycles. The largest absolute Gasteiger partial charge is 0.306 e. The van der Waals surface area contributed by atoms with Crippen molar-refractivity contribution in [2.45, 2.75) is 25.5 Å². The highest BCUT2D eigenvalue weighted by molar-refractivity contribution is 6.35. The molecule has 0 aromatic carbocycles. The van der Waals surface area contributed by atoms with Crippen LogP contribution in [0, 0.1) is 0 Å². The van der Waals surface area contributed by atoms with Crippen LogP contribution in [0.4, 0.5) is 0 Å². The molecule has 2 heteroatoms. The number of rotatable bonds is 0. The van der Waals surface area contributed by atoms with Gasteiger partial charge in [-0.25, -0.2) is 0 Å². The highest BCUT2D eigenvalue weighted by atomic mass is 15.1. The molecule has 51 valence electrons. The average Bonchev–Trinajstić information content (AvgIpc) is 1.79. The van der Waals surface area contributed by atoms with Gasteiger partial charge in [0.25, 0.3) is 0 Å². The molecule has 0 aliphatic carbocycles. The minimum Gasteiger partial charge on any atom is -0.306 e. The predicted molar refractivity (Wildman–Crippen MR) is 42.1 cm³/mol. The quantitative estimate of drug-likeness (QED) is 0.439. The third-order valence-electron chi connectivity index (χ3n) is 1.90. The van der Waals surface area contributed by atoms with Crippen LogP contribution >= 0.6 is 0 Å². The summed E-state index contributed by atoms with van der Waals surface area (Å²) < 4.78 is 0. The van der Waals surface area contributed by atoms with Crippen LogP contribution in [0.3, 0.4) is 0 Å². The van der Waals surface area contributed by atoms with E-state index < -0.39 is 0 Å². The lowest BCUT2D eigenvalue weighted by atomic mass is 9.68. The molecule has 0 N–H and O–H groups in total. The first-order valence-corrected chi connectivity index (χ1v) is 3.90. The predicted octanol–water partition coefficient (Wildman–Crippen LogP) is 1.25. The van der Waals surface area contributed by atoms with Crippen LogP contribution < -0.4 is 0 Å². The molecule has 9 heavy (non-hydrogen) atoms. The van der Waals surface area contributed by atoms with Gasteiger partial charge in [-0.3, -0.25) is 0 Å². The van der Waals surface area contributed by atoms with Crippen LogP contribution in [-0.2, 0) is 0 Å². The second-order valence-electron chi connectivity index (χ2n) is 2.88. The Balaban J connectivity index is 2.12. The van der Waals surface area contributed by atoms with E-state index in [1.165, 1.54) is 38.6 Å². The summed E-state index contributed by atoms with van der Waals surface area (Å²) in [5.74, 6) is 0. The fourth-order valence-electron chi connectivity index (χ4n) is 1.27. The molecule has 0 atom stereocenters.